The molecular weight excluding hydrogens is 334 g/mol. The number of hydrogen-bond acceptors (Lipinski definition) is 5. The van der Waals surface area contributed by atoms with Crippen LogP contribution in [0.15, 0.2) is 24.5 Å². The highest BCUT2D eigenvalue weighted by Gasteiger charge is 2.20. The zero-order chi connectivity index (χ0) is 17.5. The third-order valence-corrected chi connectivity index (χ3v) is 3.60. The SMILES string of the molecule is COc1ccc(C(=O)NCCCn2cc(Cl)cn2)c(OC)c1OC. The fraction of sp³-hybridized carbons (Fsp3) is 0.375. The van der Waals surface area contributed by atoms with Crippen LogP contribution >= 0.6 is 11.6 Å². The number of carbonyl (C=O) groups is 1. The van der Waals surface area contributed by atoms with E-state index >= 15 is 0 Å². The molecule has 0 aliphatic carbocycles. The van der Waals surface area contributed by atoms with E-state index in [2.05, 4.69) is 10.4 Å². The molecule has 0 radical (unpaired) electrons. The van der Waals surface area contributed by atoms with Crippen LogP contribution in [0.25, 0.3) is 0 Å². The van der Waals surface area contributed by atoms with Crippen molar-refractivity contribution >= 4 is 17.5 Å². The number of aryl methyl sites for hydroxylation is 1. The molecule has 0 atom stereocenters. The Hall–Kier alpha value is -2.41. The van der Waals surface area contributed by atoms with Gasteiger partial charge in [0.05, 0.1) is 38.1 Å². The number of nitrogens with zero attached hydrogens (tertiary/aromatic N) is 2. The van der Waals surface area contributed by atoms with Crippen molar-refractivity contribution in [2.24, 2.45) is 0 Å². The van der Waals surface area contributed by atoms with Gasteiger partial charge in [-0.2, -0.15) is 5.10 Å². The van der Waals surface area contributed by atoms with Gasteiger partial charge in [0, 0.05) is 19.3 Å². The predicted octanol–water partition coefficient (Wildman–Crippen LogP) is 2.38. The molecule has 1 heterocycles. The number of benzene rings is 1. The summed E-state index contributed by atoms with van der Waals surface area (Å²) in [6.07, 6.45) is 4.04. The summed E-state index contributed by atoms with van der Waals surface area (Å²) < 4.78 is 17.5. The van der Waals surface area contributed by atoms with Gasteiger partial charge in [0.2, 0.25) is 5.75 Å². The van der Waals surface area contributed by atoms with Crippen LogP contribution in [0.1, 0.15) is 16.8 Å². The van der Waals surface area contributed by atoms with Gasteiger partial charge < -0.3 is 19.5 Å². The standard InChI is InChI=1S/C16H20ClN3O4/c1-22-13-6-5-12(14(23-2)15(13)24-3)16(21)18-7-4-8-20-10-11(17)9-19-20/h5-6,9-10H,4,7-8H2,1-3H3,(H,18,21). The summed E-state index contributed by atoms with van der Waals surface area (Å²) in [4.78, 5) is 12.4. The number of amides is 1. The maximum atomic E-state index is 12.4. The van der Waals surface area contributed by atoms with Gasteiger partial charge in [-0.05, 0) is 18.6 Å². The van der Waals surface area contributed by atoms with Crippen LogP contribution < -0.4 is 19.5 Å². The number of methoxy groups -OCH3 is 3. The largest absolute Gasteiger partial charge is 0.493 e. The number of rotatable bonds is 8. The van der Waals surface area contributed by atoms with Crippen molar-refractivity contribution in [1.29, 1.82) is 0 Å². The first kappa shape index (κ1) is 17.9. The second kappa shape index (κ2) is 8.44. The molecule has 0 fully saturated rings. The molecule has 0 saturated carbocycles. The van der Waals surface area contributed by atoms with Crippen LogP contribution in [0.4, 0.5) is 0 Å². The third kappa shape index (κ3) is 4.11. The fourth-order valence-corrected chi connectivity index (χ4v) is 2.44. The van der Waals surface area contributed by atoms with Crippen molar-refractivity contribution in [3.8, 4) is 17.2 Å². The predicted molar refractivity (Wildman–Crippen MR) is 90.3 cm³/mol. The fourth-order valence-electron chi connectivity index (χ4n) is 2.28. The Labute approximate surface area is 145 Å². The molecule has 1 N–H and O–H groups in total. The summed E-state index contributed by atoms with van der Waals surface area (Å²) in [5.74, 6) is 0.986. The van der Waals surface area contributed by atoms with Crippen molar-refractivity contribution in [3.63, 3.8) is 0 Å². The quantitative estimate of drug-likeness (QED) is 0.737. The lowest BCUT2D eigenvalue weighted by molar-refractivity contribution is 0.0949. The second-order valence-electron chi connectivity index (χ2n) is 4.91. The lowest BCUT2D eigenvalue weighted by Gasteiger charge is -2.15. The molecule has 0 unspecified atom stereocenters. The maximum absolute atomic E-state index is 12.4. The highest BCUT2D eigenvalue weighted by Crippen LogP contribution is 2.39. The van der Waals surface area contributed by atoms with E-state index in [-0.39, 0.29) is 5.91 Å². The zero-order valence-corrected chi connectivity index (χ0v) is 14.6. The van der Waals surface area contributed by atoms with E-state index in [1.165, 1.54) is 21.3 Å². The first-order valence-corrected chi connectivity index (χ1v) is 7.73. The molecule has 1 amide bonds. The Morgan fingerprint density at radius 1 is 1.21 bits per heavy atom. The summed E-state index contributed by atoms with van der Waals surface area (Å²) in [6, 6.07) is 3.31. The topological polar surface area (TPSA) is 74.6 Å². The third-order valence-electron chi connectivity index (χ3n) is 3.40. The van der Waals surface area contributed by atoms with Crippen LogP contribution in [-0.4, -0.2) is 43.6 Å². The lowest BCUT2D eigenvalue weighted by atomic mass is 10.1. The Morgan fingerprint density at radius 3 is 2.54 bits per heavy atom. The van der Waals surface area contributed by atoms with Gasteiger partial charge in [-0.1, -0.05) is 11.6 Å². The van der Waals surface area contributed by atoms with Crippen LogP contribution in [0.2, 0.25) is 5.02 Å². The van der Waals surface area contributed by atoms with Gasteiger partial charge in [0.1, 0.15) is 0 Å². The van der Waals surface area contributed by atoms with E-state index in [0.717, 1.165) is 6.42 Å². The minimum Gasteiger partial charge on any atom is -0.493 e. The van der Waals surface area contributed by atoms with E-state index in [0.29, 0.717) is 40.9 Å². The van der Waals surface area contributed by atoms with Crippen LogP contribution in [0, 0.1) is 0 Å². The highest BCUT2D eigenvalue weighted by atomic mass is 35.5. The molecule has 0 saturated heterocycles. The Bertz CT molecular complexity index is 703. The Kier molecular flexibility index (Phi) is 6.31. The molecule has 0 aliphatic heterocycles. The van der Waals surface area contributed by atoms with Crippen molar-refractivity contribution < 1.29 is 19.0 Å². The Balaban J connectivity index is 1.98. The normalized spacial score (nSPS) is 10.3. The molecule has 0 aliphatic rings. The first-order chi connectivity index (χ1) is 11.6. The van der Waals surface area contributed by atoms with Crippen molar-refractivity contribution in [2.45, 2.75) is 13.0 Å². The summed E-state index contributed by atoms with van der Waals surface area (Å²) in [5, 5.41) is 7.52. The molecule has 1 aromatic heterocycles. The molecule has 0 bridgehead atoms. The summed E-state index contributed by atoms with van der Waals surface area (Å²) in [5.41, 5.74) is 0.386. The van der Waals surface area contributed by atoms with E-state index in [1.807, 2.05) is 0 Å². The molecule has 0 spiro atoms. The minimum absolute atomic E-state index is 0.244. The zero-order valence-electron chi connectivity index (χ0n) is 13.8. The summed E-state index contributed by atoms with van der Waals surface area (Å²) in [7, 11) is 4.51. The van der Waals surface area contributed by atoms with Gasteiger partial charge in [0.15, 0.2) is 11.5 Å². The molecule has 2 aromatic rings. The average Bonchev–Trinajstić information content (AvgIpc) is 3.02. The summed E-state index contributed by atoms with van der Waals surface area (Å²) >= 11 is 5.80. The van der Waals surface area contributed by atoms with Crippen molar-refractivity contribution in [2.75, 3.05) is 27.9 Å². The number of hydrogen-bond donors (Lipinski definition) is 1. The molecule has 1 aromatic carbocycles. The van der Waals surface area contributed by atoms with Crippen molar-refractivity contribution in [3.05, 3.63) is 35.1 Å². The van der Waals surface area contributed by atoms with Gasteiger partial charge in [-0.15, -0.1) is 0 Å². The smallest absolute Gasteiger partial charge is 0.255 e. The first-order valence-electron chi connectivity index (χ1n) is 7.35. The highest BCUT2D eigenvalue weighted by molar-refractivity contribution is 6.30. The van der Waals surface area contributed by atoms with Crippen LogP contribution in [0.5, 0.6) is 17.2 Å². The summed E-state index contributed by atoms with van der Waals surface area (Å²) in [6.45, 7) is 1.16. The lowest BCUT2D eigenvalue weighted by Crippen LogP contribution is -2.26. The second-order valence-corrected chi connectivity index (χ2v) is 5.35. The van der Waals surface area contributed by atoms with Crippen molar-refractivity contribution in [1.82, 2.24) is 15.1 Å². The van der Waals surface area contributed by atoms with E-state index < -0.39 is 0 Å². The van der Waals surface area contributed by atoms with Gasteiger partial charge in [0.25, 0.3) is 5.91 Å². The molecular formula is C16H20ClN3O4. The maximum Gasteiger partial charge on any atom is 0.255 e. The number of ether oxygens (including phenoxy) is 3. The minimum atomic E-state index is -0.244. The van der Waals surface area contributed by atoms with Gasteiger partial charge in [-0.3, -0.25) is 9.48 Å². The molecule has 8 heteroatoms. The van der Waals surface area contributed by atoms with E-state index in [9.17, 15) is 4.79 Å². The number of nitrogens with one attached hydrogen (secondary N) is 1. The monoisotopic (exact) mass is 353 g/mol. The van der Waals surface area contributed by atoms with E-state index in [4.69, 9.17) is 25.8 Å². The van der Waals surface area contributed by atoms with Gasteiger partial charge in [-0.25, -0.2) is 0 Å². The van der Waals surface area contributed by atoms with Gasteiger partial charge >= 0.3 is 0 Å². The number of aromatic nitrogens is 2. The Morgan fingerprint density at radius 2 is 1.96 bits per heavy atom. The van der Waals surface area contributed by atoms with Crippen LogP contribution in [0.3, 0.4) is 0 Å². The van der Waals surface area contributed by atoms with Crippen LogP contribution in [-0.2, 0) is 6.54 Å². The van der Waals surface area contributed by atoms with E-state index in [1.54, 1.807) is 29.2 Å². The average molecular weight is 354 g/mol. The molecule has 24 heavy (non-hydrogen) atoms. The number of carbonyl (C=O) groups excluding carboxylic acids is 1. The number of halogens is 1. The molecule has 2 rings (SSSR count). The molecule has 7 nitrogen and oxygen atoms in total. The molecule has 130 valence electrons.